The Morgan fingerprint density at radius 3 is 2.67 bits per heavy atom. The first-order valence-electron chi connectivity index (χ1n) is 6.60. The van der Waals surface area contributed by atoms with Gasteiger partial charge in [0.1, 0.15) is 5.75 Å². The van der Waals surface area contributed by atoms with Crippen LogP contribution < -0.4 is 10.1 Å². The van der Waals surface area contributed by atoms with E-state index in [1.165, 1.54) is 11.1 Å². The Morgan fingerprint density at radius 1 is 1.33 bits per heavy atom. The van der Waals surface area contributed by atoms with Crippen molar-refractivity contribution >= 4 is 0 Å². The summed E-state index contributed by atoms with van der Waals surface area (Å²) in [6, 6.07) is 6.49. The Bertz CT molecular complexity index is 364. The smallest absolute Gasteiger partial charge is 0.123 e. The monoisotopic (exact) mass is 251 g/mol. The largest absolute Gasteiger partial charge is 0.496 e. The fraction of sp³-hybridized carbons (Fsp3) is 0.600. The second kappa shape index (κ2) is 7.39. The molecule has 3 heteroatoms. The van der Waals surface area contributed by atoms with Crippen LogP contribution in [-0.2, 0) is 0 Å². The lowest BCUT2D eigenvalue weighted by atomic mass is 10.0. The van der Waals surface area contributed by atoms with E-state index in [2.05, 4.69) is 31.3 Å². The van der Waals surface area contributed by atoms with Crippen LogP contribution in [0.1, 0.15) is 43.9 Å². The highest BCUT2D eigenvalue weighted by Gasteiger charge is 2.10. The lowest BCUT2D eigenvalue weighted by Crippen LogP contribution is -2.21. The molecule has 2 atom stereocenters. The zero-order valence-corrected chi connectivity index (χ0v) is 11.9. The molecule has 0 saturated carbocycles. The third kappa shape index (κ3) is 4.67. The highest BCUT2D eigenvalue weighted by atomic mass is 16.5. The van der Waals surface area contributed by atoms with Crippen molar-refractivity contribution < 1.29 is 9.84 Å². The fourth-order valence-electron chi connectivity index (χ4n) is 2.02. The molecule has 0 aromatic heterocycles. The third-order valence-electron chi connectivity index (χ3n) is 3.10. The Kier molecular flexibility index (Phi) is 6.16. The minimum atomic E-state index is -0.212. The van der Waals surface area contributed by atoms with Gasteiger partial charge in [-0.1, -0.05) is 17.7 Å². The van der Waals surface area contributed by atoms with Gasteiger partial charge in [0.15, 0.2) is 0 Å². The normalized spacial score (nSPS) is 14.3. The molecule has 2 N–H and O–H groups in total. The summed E-state index contributed by atoms with van der Waals surface area (Å²) in [5, 5.41) is 12.7. The van der Waals surface area contributed by atoms with Crippen LogP contribution in [-0.4, -0.2) is 24.9 Å². The summed E-state index contributed by atoms with van der Waals surface area (Å²) in [4.78, 5) is 0. The van der Waals surface area contributed by atoms with E-state index in [9.17, 15) is 5.11 Å². The molecule has 0 aliphatic carbocycles. The maximum absolute atomic E-state index is 9.21. The first kappa shape index (κ1) is 15.0. The van der Waals surface area contributed by atoms with Crippen LogP contribution in [0, 0.1) is 6.92 Å². The van der Waals surface area contributed by atoms with Gasteiger partial charge in [0.05, 0.1) is 13.2 Å². The molecule has 1 aromatic carbocycles. The van der Waals surface area contributed by atoms with Crippen molar-refractivity contribution in [1.29, 1.82) is 0 Å². The summed E-state index contributed by atoms with van der Waals surface area (Å²) < 4.78 is 5.39. The number of ether oxygens (including phenoxy) is 1. The van der Waals surface area contributed by atoms with Crippen LogP contribution in [0.2, 0.25) is 0 Å². The molecule has 18 heavy (non-hydrogen) atoms. The van der Waals surface area contributed by atoms with Crippen molar-refractivity contribution in [1.82, 2.24) is 5.32 Å². The molecule has 0 spiro atoms. The van der Waals surface area contributed by atoms with Crippen LogP contribution in [0.3, 0.4) is 0 Å². The standard InChI is InChI=1S/C15H25NO2/c1-11-7-8-15(18-4)14(10-11)13(3)16-9-5-6-12(2)17/h7-8,10,12-13,16-17H,5-6,9H2,1-4H3. The number of aryl methyl sites for hydroxylation is 1. The number of benzene rings is 1. The fourth-order valence-corrected chi connectivity index (χ4v) is 2.02. The summed E-state index contributed by atoms with van der Waals surface area (Å²) >= 11 is 0. The molecule has 1 aromatic rings. The number of rotatable bonds is 7. The van der Waals surface area contributed by atoms with Crippen LogP contribution >= 0.6 is 0 Å². The maximum Gasteiger partial charge on any atom is 0.123 e. The summed E-state index contributed by atoms with van der Waals surface area (Å²) in [6.45, 7) is 6.96. The predicted molar refractivity (Wildman–Crippen MR) is 75.1 cm³/mol. The Morgan fingerprint density at radius 2 is 2.06 bits per heavy atom. The van der Waals surface area contributed by atoms with Crippen LogP contribution in [0.15, 0.2) is 18.2 Å². The zero-order valence-electron chi connectivity index (χ0n) is 11.9. The van der Waals surface area contributed by atoms with Crippen LogP contribution in [0.4, 0.5) is 0 Å². The maximum atomic E-state index is 9.21. The number of hydrogen-bond acceptors (Lipinski definition) is 3. The number of hydrogen-bond donors (Lipinski definition) is 2. The number of aliphatic hydroxyl groups excluding tert-OH is 1. The second-order valence-corrected chi connectivity index (χ2v) is 4.91. The topological polar surface area (TPSA) is 41.5 Å². The van der Waals surface area contributed by atoms with E-state index in [0.29, 0.717) is 0 Å². The van der Waals surface area contributed by atoms with E-state index in [1.807, 2.05) is 13.0 Å². The van der Waals surface area contributed by atoms with E-state index in [-0.39, 0.29) is 12.1 Å². The quantitative estimate of drug-likeness (QED) is 0.732. The highest BCUT2D eigenvalue weighted by molar-refractivity contribution is 5.38. The number of aliphatic hydroxyl groups is 1. The SMILES string of the molecule is COc1ccc(C)cc1C(C)NCCCC(C)O. The van der Waals surface area contributed by atoms with Gasteiger partial charge in [-0.05, 0) is 46.2 Å². The average molecular weight is 251 g/mol. The summed E-state index contributed by atoms with van der Waals surface area (Å²) in [7, 11) is 1.70. The van der Waals surface area contributed by atoms with Gasteiger partial charge in [0, 0.05) is 11.6 Å². The van der Waals surface area contributed by atoms with Gasteiger partial charge in [-0.25, -0.2) is 0 Å². The van der Waals surface area contributed by atoms with Crippen molar-refractivity contribution in [2.24, 2.45) is 0 Å². The first-order chi connectivity index (χ1) is 8.54. The van der Waals surface area contributed by atoms with Gasteiger partial charge in [0.25, 0.3) is 0 Å². The number of methoxy groups -OCH3 is 1. The van der Waals surface area contributed by atoms with E-state index < -0.39 is 0 Å². The molecule has 0 amide bonds. The lowest BCUT2D eigenvalue weighted by Gasteiger charge is -2.18. The molecule has 0 aliphatic heterocycles. The molecule has 0 radical (unpaired) electrons. The van der Waals surface area contributed by atoms with Crippen molar-refractivity contribution in [2.45, 2.75) is 45.8 Å². The Balaban J connectivity index is 2.55. The van der Waals surface area contributed by atoms with E-state index in [0.717, 1.165) is 25.1 Å². The van der Waals surface area contributed by atoms with Crippen molar-refractivity contribution in [3.8, 4) is 5.75 Å². The molecule has 0 saturated heterocycles. The molecule has 0 heterocycles. The third-order valence-corrected chi connectivity index (χ3v) is 3.10. The lowest BCUT2D eigenvalue weighted by molar-refractivity contribution is 0.181. The Hall–Kier alpha value is -1.06. The van der Waals surface area contributed by atoms with Crippen LogP contribution in [0.5, 0.6) is 5.75 Å². The molecule has 3 nitrogen and oxygen atoms in total. The van der Waals surface area contributed by atoms with Gasteiger partial charge in [-0.2, -0.15) is 0 Å². The first-order valence-corrected chi connectivity index (χ1v) is 6.60. The molecule has 0 bridgehead atoms. The van der Waals surface area contributed by atoms with Crippen molar-refractivity contribution in [3.05, 3.63) is 29.3 Å². The molecule has 0 aliphatic rings. The molecular formula is C15H25NO2. The summed E-state index contributed by atoms with van der Waals surface area (Å²) in [5.41, 5.74) is 2.43. The predicted octanol–water partition coefficient (Wildman–Crippen LogP) is 2.82. The van der Waals surface area contributed by atoms with E-state index in [1.54, 1.807) is 7.11 Å². The summed E-state index contributed by atoms with van der Waals surface area (Å²) in [5.74, 6) is 0.927. The minimum Gasteiger partial charge on any atom is -0.496 e. The second-order valence-electron chi connectivity index (χ2n) is 4.91. The zero-order chi connectivity index (χ0) is 13.5. The molecule has 1 rings (SSSR count). The van der Waals surface area contributed by atoms with Gasteiger partial charge >= 0.3 is 0 Å². The molecular weight excluding hydrogens is 226 g/mol. The number of nitrogens with one attached hydrogen (secondary N) is 1. The summed E-state index contributed by atoms with van der Waals surface area (Å²) in [6.07, 6.45) is 1.61. The van der Waals surface area contributed by atoms with E-state index in [4.69, 9.17) is 4.74 Å². The molecule has 2 unspecified atom stereocenters. The molecule has 0 fully saturated rings. The van der Waals surface area contributed by atoms with Crippen molar-refractivity contribution in [3.63, 3.8) is 0 Å². The Labute approximate surface area is 110 Å². The average Bonchev–Trinajstić information content (AvgIpc) is 2.34. The van der Waals surface area contributed by atoms with Gasteiger partial charge in [0.2, 0.25) is 0 Å². The van der Waals surface area contributed by atoms with Gasteiger partial charge < -0.3 is 15.2 Å². The minimum absolute atomic E-state index is 0.212. The van der Waals surface area contributed by atoms with Crippen molar-refractivity contribution in [2.75, 3.05) is 13.7 Å². The van der Waals surface area contributed by atoms with Gasteiger partial charge in [-0.15, -0.1) is 0 Å². The van der Waals surface area contributed by atoms with Crippen LogP contribution in [0.25, 0.3) is 0 Å². The molecule has 102 valence electrons. The van der Waals surface area contributed by atoms with Gasteiger partial charge in [-0.3, -0.25) is 0 Å². The van der Waals surface area contributed by atoms with E-state index >= 15 is 0 Å². The highest BCUT2D eigenvalue weighted by Crippen LogP contribution is 2.25.